The van der Waals surface area contributed by atoms with Crippen LogP contribution in [0.5, 0.6) is 0 Å². The molecule has 4 aromatic heterocycles. The maximum absolute atomic E-state index is 13.7. The zero-order chi connectivity index (χ0) is 27.4. The summed E-state index contributed by atoms with van der Waals surface area (Å²) in [5, 5.41) is 13.4. The molecule has 0 aliphatic heterocycles. The number of carbonyl (C=O) groups is 2. The lowest BCUT2D eigenvalue weighted by Gasteiger charge is -2.12. The number of primary amides is 1. The van der Waals surface area contributed by atoms with E-state index in [0.29, 0.717) is 33.9 Å². The van der Waals surface area contributed by atoms with Crippen molar-refractivity contribution < 1.29 is 27.2 Å². The minimum atomic E-state index is -4.77. The third-order valence-electron chi connectivity index (χ3n) is 5.90. The zero-order valence-corrected chi connectivity index (χ0v) is 20.5. The summed E-state index contributed by atoms with van der Waals surface area (Å²) >= 11 is 0.635. The highest BCUT2D eigenvalue weighted by atomic mass is 32.1. The largest absolute Gasteiger partial charge is 0.433 e. The third-order valence-corrected chi connectivity index (χ3v) is 7.00. The second-order valence-corrected chi connectivity index (χ2v) is 9.30. The van der Waals surface area contributed by atoms with Crippen LogP contribution in [0.4, 0.5) is 23.2 Å². The van der Waals surface area contributed by atoms with Gasteiger partial charge in [-0.1, -0.05) is 0 Å². The highest BCUT2D eigenvalue weighted by Gasteiger charge is 2.35. The van der Waals surface area contributed by atoms with Gasteiger partial charge in [-0.3, -0.25) is 19.4 Å². The second-order valence-electron chi connectivity index (χ2n) is 8.30. The van der Waals surface area contributed by atoms with Crippen LogP contribution in [-0.4, -0.2) is 36.8 Å². The number of thiophene rings is 1. The van der Waals surface area contributed by atoms with Gasteiger partial charge in [0, 0.05) is 29.3 Å². The Morgan fingerprint density at radius 3 is 2.45 bits per heavy atom. The first kappa shape index (κ1) is 25.1. The number of fused-ring (bicyclic) bond motifs is 1. The number of amides is 2. The van der Waals surface area contributed by atoms with Gasteiger partial charge in [0.05, 0.1) is 17.6 Å². The molecule has 4 N–H and O–H groups in total. The molecule has 0 aliphatic rings. The number of nitrogens with zero attached hydrogens (tertiary/aromatic N) is 4. The lowest BCUT2D eigenvalue weighted by molar-refractivity contribution is -0.140. The predicted molar refractivity (Wildman–Crippen MR) is 132 cm³/mol. The number of halogens is 4. The standard InChI is InChI=1S/C24H17F4N7O2S/c1-10-14(9-30-35(10)2)13-7-17(24(26,27)28)31-23-18(13)19(20(38-23)21(29)36)32-22(37)16-8-15(33-34-16)11-3-5-12(25)6-4-11/h3-9H,1-2H3,(H2,29,36)(H,32,37)(H,33,34). The number of alkyl halides is 3. The molecule has 14 heteroatoms. The molecule has 0 fully saturated rings. The molecular formula is C24H17F4N7O2S. The Hall–Kier alpha value is -4.59. The quantitative estimate of drug-likeness (QED) is 0.271. The van der Waals surface area contributed by atoms with Gasteiger partial charge in [-0.25, -0.2) is 9.37 Å². The van der Waals surface area contributed by atoms with Crippen LogP contribution in [0.1, 0.15) is 31.5 Å². The van der Waals surface area contributed by atoms with Crippen LogP contribution < -0.4 is 11.1 Å². The topological polar surface area (TPSA) is 132 Å². The molecule has 38 heavy (non-hydrogen) atoms. The predicted octanol–water partition coefficient (Wildman–Crippen LogP) is 4.90. The van der Waals surface area contributed by atoms with Crippen LogP contribution in [-0.2, 0) is 13.2 Å². The summed E-state index contributed by atoms with van der Waals surface area (Å²) in [7, 11) is 1.63. The van der Waals surface area contributed by atoms with Crippen molar-refractivity contribution in [3.8, 4) is 22.4 Å². The summed E-state index contributed by atoms with van der Waals surface area (Å²) in [6, 6.07) is 7.71. The van der Waals surface area contributed by atoms with Gasteiger partial charge in [0.2, 0.25) is 0 Å². The number of carbonyl (C=O) groups excluding carboxylic acids is 2. The molecular weight excluding hydrogens is 526 g/mol. The normalized spacial score (nSPS) is 11.7. The fourth-order valence-corrected chi connectivity index (χ4v) is 4.91. The summed E-state index contributed by atoms with van der Waals surface area (Å²) in [5.41, 5.74) is 6.13. The molecule has 1 aromatic carbocycles. The summed E-state index contributed by atoms with van der Waals surface area (Å²) in [5.74, 6) is -2.13. The minimum absolute atomic E-state index is 0.0157. The van der Waals surface area contributed by atoms with Gasteiger partial charge in [-0.15, -0.1) is 11.3 Å². The Morgan fingerprint density at radius 2 is 1.84 bits per heavy atom. The van der Waals surface area contributed by atoms with E-state index in [4.69, 9.17) is 5.73 Å². The zero-order valence-electron chi connectivity index (χ0n) is 19.6. The third kappa shape index (κ3) is 4.38. The summed E-state index contributed by atoms with van der Waals surface area (Å²) < 4.78 is 55.9. The van der Waals surface area contributed by atoms with Crippen molar-refractivity contribution in [1.29, 1.82) is 0 Å². The lowest BCUT2D eigenvalue weighted by Crippen LogP contribution is -2.17. The van der Waals surface area contributed by atoms with Gasteiger partial charge in [-0.2, -0.15) is 23.4 Å². The van der Waals surface area contributed by atoms with E-state index in [2.05, 4.69) is 25.6 Å². The van der Waals surface area contributed by atoms with E-state index in [1.165, 1.54) is 41.2 Å². The van der Waals surface area contributed by atoms with Gasteiger partial charge in [-0.05, 0) is 48.9 Å². The lowest BCUT2D eigenvalue weighted by atomic mass is 10.0. The molecule has 0 bridgehead atoms. The van der Waals surface area contributed by atoms with Crippen molar-refractivity contribution in [2.24, 2.45) is 12.8 Å². The van der Waals surface area contributed by atoms with Gasteiger partial charge in [0.1, 0.15) is 26.9 Å². The maximum atomic E-state index is 13.7. The van der Waals surface area contributed by atoms with Gasteiger partial charge < -0.3 is 11.1 Å². The fourth-order valence-electron chi connectivity index (χ4n) is 3.90. The Bertz CT molecular complexity index is 1720. The molecule has 0 unspecified atom stereocenters. The molecule has 9 nitrogen and oxygen atoms in total. The number of anilines is 1. The van der Waals surface area contributed by atoms with Crippen molar-refractivity contribution in [3.63, 3.8) is 0 Å². The first-order chi connectivity index (χ1) is 17.9. The molecule has 0 saturated carbocycles. The fraction of sp³-hybridized carbons (Fsp3) is 0.125. The number of rotatable bonds is 5. The van der Waals surface area contributed by atoms with Crippen LogP contribution >= 0.6 is 11.3 Å². The van der Waals surface area contributed by atoms with E-state index in [1.54, 1.807) is 14.0 Å². The molecule has 2 amide bonds. The van der Waals surface area contributed by atoms with E-state index in [-0.39, 0.29) is 32.0 Å². The molecule has 4 heterocycles. The number of aromatic nitrogens is 5. The average molecular weight is 544 g/mol. The van der Waals surface area contributed by atoms with Crippen molar-refractivity contribution in [3.05, 3.63) is 70.4 Å². The number of pyridine rings is 1. The van der Waals surface area contributed by atoms with E-state index < -0.39 is 29.5 Å². The number of H-pyrrole nitrogens is 1. The molecule has 5 rings (SSSR count). The molecule has 5 aromatic rings. The molecule has 0 aliphatic carbocycles. The smallest absolute Gasteiger partial charge is 0.365 e. The van der Waals surface area contributed by atoms with Crippen LogP contribution in [0.15, 0.2) is 42.6 Å². The monoisotopic (exact) mass is 543 g/mol. The number of benzene rings is 1. The molecule has 0 radical (unpaired) electrons. The van der Waals surface area contributed by atoms with E-state index in [1.807, 2.05) is 0 Å². The Balaban J connectivity index is 1.65. The first-order valence-electron chi connectivity index (χ1n) is 10.9. The molecule has 0 saturated heterocycles. The molecule has 194 valence electrons. The van der Waals surface area contributed by atoms with Crippen LogP contribution in [0.2, 0.25) is 0 Å². The van der Waals surface area contributed by atoms with Gasteiger partial charge in [0.25, 0.3) is 11.8 Å². The maximum Gasteiger partial charge on any atom is 0.433 e. The van der Waals surface area contributed by atoms with Crippen molar-refractivity contribution in [1.82, 2.24) is 25.0 Å². The second kappa shape index (κ2) is 9.06. The minimum Gasteiger partial charge on any atom is -0.365 e. The number of aromatic amines is 1. The summed E-state index contributed by atoms with van der Waals surface area (Å²) in [4.78, 5) is 28.9. The number of hydrogen-bond acceptors (Lipinski definition) is 6. The van der Waals surface area contributed by atoms with Crippen LogP contribution in [0.3, 0.4) is 0 Å². The van der Waals surface area contributed by atoms with Crippen molar-refractivity contribution in [2.75, 3.05) is 5.32 Å². The van der Waals surface area contributed by atoms with E-state index in [0.717, 1.165) is 6.07 Å². The number of nitrogens with two attached hydrogens (primary N) is 1. The average Bonchev–Trinajstić information content (AvgIpc) is 3.57. The van der Waals surface area contributed by atoms with E-state index in [9.17, 15) is 27.2 Å². The Morgan fingerprint density at radius 1 is 1.13 bits per heavy atom. The number of nitrogens with one attached hydrogen (secondary N) is 2. The van der Waals surface area contributed by atoms with Crippen molar-refractivity contribution >= 4 is 39.1 Å². The molecule has 0 spiro atoms. The highest BCUT2D eigenvalue weighted by Crippen LogP contribution is 2.44. The van der Waals surface area contributed by atoms with Gasteiger partial charge in [0.15, 0.2) is 0 Å². The van der Waals surface area contributed by atoms with Crippen LogP contribution in [0, 0.1) is 12.7 Å². The van der Waals surface area contributed by atoms with E-state index >= 15 is 0 Å². The van der Waals surface area contributed by atoms with Gasteiger partial charge >= 0.3 is 6.18 Å². The van der Waals surface area contributed by atoms with Crippen molar-refractivity contribution in [2.45, 2.75) is 13.1 Å². The first-order valence-corrected chi connectivity index (χ1v) is 11.7. The number of hydrogen-bond donors (Lipinski definition) is 3. The molecule has 0 atom stereocenters. The Kier molecular flexibility index (Phi) is 5.98. The highest BCUT2D eigenvalue weighted by molar-refractivity contribution is 7.21. The SMILES string of the molecule is Cc1c(-c2cc(C(F)(F)F)nc3sc(C(N)=O)c(NC(=O)c4cc(-c5ccc(F)cc5)n[nH]4)c23)cnn1C. The summed E-state index contributed by atoms with van der Waals surface area (Å²) in [6.45, 7) is 1.67. The van der Waals surface area contributed by atoms with Crippen LogP contribution in [0.25, 0.3) is 32.6 Å². The number of aryl methyl sites for hydroxylation is 1. The Labute approximate surface area is 215 Å². The summed E-state index contributed by atoms with van der Waals surface area (Å²) in [6.07, 6.45) is -3.38.